The first-order valence-electron chi connectivity index (χ1n) is 7.63. The highest BCUT2D eigenvalue weighted by Crippen LogP contribution is 2.29. The SMILES string of the molecule is CNC(=O)Cn1cc(NC(=O)c2oc3cc(OC)ccc3c2C)cn1. The van der Waals surface area contributed by atoms with E-state index in [0.717, 1.165) is 10.9 Å². The number of carbonyl (C=O) groups excluding carboxylic acids is 2. The van der Waals surface area contributed by atoms with Gasteiger partial charge in [0.2, 0.25) is 5.91 Å². The number of hydrogen-bond acceptors (Lipinski definition) is 5. The van der Waals surface area contributed by atoms with Gasteiger partial charge in [0.25, 0.3) is 5.91 Å². The molecule has 2 N–H and O–H groups in total. The number of nitrogens with one attached hydrogen (secondary N) is 2. The van der Waals surface area contributed by atoms with Gasteiger partial charge in [0.15, 0.2) is 5.76 Å². The number of aromatic nitrogens is 2. The number of rotatable bonds is 5. The molecule has 0 aliphatic heterocycles. The summed E-state index contributed by atoms with van der Waals surface area (Å²) in [7, 11) is 3.12. The van der Waals surface area contributed by atoms with Gasteiger partial charge in [0.05, 0.1) is 19.0 Å². The van der Waals surface area contributed by atoms with Crippen molar-refractivity contribution in [2.45, 2.75) is 13.5 Å². The molecule has 2 aromatic heterocycles. The molecule has 25 heavy (non-hydrogen) atoms. The molecule has 3 aromatic rings. The number of aryl methyl sites for hydroxylation is 1. The molecule has 0 bridgehead atoms. The second kappa shape index (κ2) is 6.68. The second-order valence-electron chi connectivity index (χ2n) is 5.47. The number of anilines is 1. The predicted molar refractivity (Wildman–Crippen MR) is 91.7 cm³/mol. The molecule has 0 radical (unpaired) electrons. The smallest absolute Gasteiger partial charge is 0.291 e. The first-order valence-corrected chi connectivity index (χ1v) is 7.63. The van der Waals surface area contributed by atoms with E-state index >= 15 is 0 Å². The fraction of sp³-hybridized carbons (Fsp3) is 0.235. The van der Waals surface area contributed by atoms with E-state index in [1.807, 2.05) is 19.1 Å². The molecule has 0 fully saturated rings. The Hall–Kier alpha value is -3.29. The fourth-order valence-corrected chi connectivity index (χ4v) is 2.48. The second-order valence-corrected chi connectivity index (χ2v) is 5.47. The average molecular weight is 342 g/mol. The van der Waals surface area contributed by atoms with Crippen LogP contribution in [0.4, 0.5) is 5.69 Å². The Morgan fingerprint density at radius 3 is 2.88 bits per heavy atom. The fourth-order valence-electron chi connectivity index (χ4n) is 2.48. The lowest BCUT2D eigenvalue weighted by atomic mass is 10.1. The Balaban J connectivity index is 1.80. The van der Waals surface area contributed by atoms with E-state index in [9.17, 15) is 9.59 Å². The Morgan fingerprint density at radius 2 is 2.16 bits per heavy atom. The molecule has 3 rings (SSSR count). The number of methoxy groups -OCH3 is 1. The van der Waals surface area contributed by atoms with Crippen LogP contribution in [0.3, 0.4) is 0 Å². The highest BCUT2D eigenvalue weighted by atomic mass is 16.5. The van der Waals surface area contributed by atoms with Crippen LogP contribution in [-0.2, 0) is 11.3 Å². The van der Waals surface area contributed by atoms with Crippen molar-refractivity contribution in [1.29, 1.82) is 0 Å². The van der Waals surface area contributed by atoms with E-state index < -0.39 is 0 Å². The molecule has 8 nitrogen and oxygen atoms in total. The minimum atomic E-state index is -0.382. The summed E-state index contributed by atoms with van der Waals surface area (Å²) in [5, 5.41) is 10.1. The van der Waals surface area contributed by atoms with E-state index in [4.69, 9.17) is 9.15 Å². The van der Waals surface area contributed by atoms with Crippen molar-refractivity contribution in [3.63, 3.8) is 0 Å². The normalized spacial score (nSPS) is 10.7. The summed E-state index contributed by atoms with van der Waals surface area (Å²) in [6.07, 6.45) is 3.05. The number of likely N-dealkylation sites (N-methyl/N-ethyl adjacent to an activating group) is 1. The Kier molecular flexibility index (Phi) is 4.42. The van der Waals surface area contributed by atoms with Crippen LogP contribution >= 0.6 is 0 Å². The summed E-state index contributed by atoms with van der Waals surface area (Å²) in [4.78, 5) is 23.8. The minimum absolute atomic E-state index is 0.0792. The minimum Gasteiger partial charge on any atom is -0.497 e. The third kappa shape index (κ3) is 3.32. The summed E-state index contributed by atoms with van der Waals surface area (Å²) in [5.41, 5.74) is 1.80. The van der Waals surface area contributed by atoms with Crippen LogP contribution in [0.2, 0.25) is 0 Å². The van der Waals surface area contributed by atoms with Crippen LogP contribution in [0.15, 0.2) is 35.0 Å². The lowest BCUT2D eigenvalue weighted by molar-refractivity contribution is -0.121. The van der Waals surface area contributed by atoms with Crippen molar-refractivity contribution in [3.8, 4) is 5.75 Å². The largest absolute Gasteiger partial charge is 0.497 e. The van der Waals surface area contributed by atoms with Gasteiger partial charge in [-0.15, -0.1) is 0 Å². The van der Waals surface area contributed by atoms with Crippen LogP contribution in [0.1, 0.15) is 16.1 Å². The molecule has 2 heterocycles. The molecule has 2 amide bonds. The zero-order valence-electron chi connectivity index (χ0n) is 14.1. The molecule has 0 atom stereocenters. The average Bonchev–Trinajstić information content (AvgIpc) is 3.18. The summed E-state index contributed by atoms with van der Waals surface area (Å²) in [6.45, 7) is 1.90. The number of hydrogen-bond donors (Lipinski definition) is 2. The highest BCUT2D eigenvalue weighted by Gasteiger charge is 2.18. The van der Waals surface area contributed by atoms with Gasteiger partial charge in [-0.05, 0) is 19.1 Å². The maximum absolute atomic E-state index is 12.5. The first kappa shape index (κ1) is 16.6. The first-order chi connectivity index (χ1) is 12.0. The number of nitrogens with zero attached hydrogens (tertiary/aromatic N) is 2. The standard InChI is InChI=1S/C17H18N4O4/c1-10-13-5-4-12(24-3)6-14(13)25-16(10)17(23)20-11-7-19-21(8-11)9-15(22)18-2/h4-8H,9H2,1-3H3,(H,18,22)(H,20,23). The maximum atomic E-state index is 12.5. The van der Waals surface area contributed by atoms with Gasteiger partial charge < -0.3 is 19.8 Å². The molecule has 0 saturated heterocycles. The van der Waals surface area contributed by atoms with Crippen LogP contribution < -0.4 is 15.4 Å². The van der Waals surface area contributed by atoms with Gasteiger partial charge in [0.1, 0.15) is 17.9 Å². The van der Waals surface area contributed by atoms with Crippen molar-refractivity contribution in [2.24, 2.45) is 0 Å². The molecule has 0 unspecified atom stereocenters. The highest BCUT2D eigenvalue weighted by molar-refractivity contribution is 6.06. The lowest BCUT2D eigenvalue weighted by Crippen LogP contribution is -2.23. The molecule has 0 aliphatic rings. The summed E-state index contributed by atoms with van der Waals surface area (Å²) >= 11 is 0. The van der Waals surface area contributed by atoms with Gasteiger partial charge in [-0.3, -0.25) is 14.3 Å². The Labute approximate surface area is 143 Å². The van der Waals surface area contributed by atoms with Gasteiger partial charge in [-0.2, -0.15) is 5.10 Å². The summed E-state index contributed by atoms with van der Waals surface area (Å²) in [5.74, 6) is 0.321. The van der Waals surface area contributed by atoms with Gasteiger partial charge in [-0.25, -0.2) is 0 Å². The number of amides is 2. The van der Waals surface area contributed by atoms with Gasteiger partial charge in [-0.1, -0.05) is 0 Å². The number of furan rings is 1. The number of ether oxygens (including phenoxy) is 1. The molecule has 0 saturated carbocycles. The third-order valence-electron chi connectivity index (χ3n) is 3.83. The molecular weight excluding hydrogens is 324 g/mol. The third-order valence-corrected chi connectivity index (χ3v) is 3.83. The van der Waals surface area contributed by atoms with E-state index in [1.165, 1.54) is 10.9 Å². The molecule has 0 spiro atoms. The maximum Gasteiger partial charge on any atom is 0.291 e. The van der Waals surface area contributed by atoms with Crippen LogP contribution in [0.5, 0.6) is 5.75 Å². The van der Waals surface area contributed by atoms with Crippen molar-refractivity contribution in [3.05, 3.63) is 41.9 Å². The molecule has 130 valence electrons. The van der Waals surface area contributed by atoms with E-state index in [2.05, 4.69) is 15.7 Å². The summed E-state index contributed by atoms with van der Waals surface area (Å²) in [6, 6.07) is 5.40. The van der Waals surface area contributed by atoms with Crippen molar-refractivity contribution in [2.75, 3.05) is 19.5 Å². The Morgan fingerprint density at radius 1 is 1.36 bits per heavy atom. The van der Waals surface area contributed by atoms with E-state index in [1.54, 1.807) is 26.4 Å². The monoisotopic (exact) mass is 342 g/mol. The lowest BCUT2D eigenvalue weighted by Gasteiger charge is -2.01. The molecule has 8 heteroatoms. The summed E-state index contributed by atoms with van der Waals surface area (Å²) < 4.78 is 12.3. The quantitative estimate of drug-likeness (QED) is 0.738. The van der Waals surface area contributed by atoms with Crippen molar-refractivity contribution >= 4 is 28.5 Å². The Bertz CT molecular complexity index is 941. The van der Waals surface area contributed by atoms with E-state index in [-0.39, 0.29) is 24.1 Å². The van der Waals surface area contributed by atoms with Crippen molar-refractivity contribution < 1.29 is 18.7 Å². The number of fused-ring (bicyclic) bond motifs is 1. The van der Waals surface area contributed by atoms with Crippen molar-refractivity contribution in [1.82, 2.24) is 15.1 Å². The zero-order chi connectivity index (χ0) is 18.0. The van der Waals surface area contributed by atoms with Crippen LogP contribution in [0, 0.1) is 6.92 Å². The predicted octanol–water partition coefficient (Wildman–Crippen LogP) is 1.94. The topological polar surface area (TPSA) is 98.4 Å². The van der Waals surface area contributed by atoms with Crippen LogP contribution in [0.25, 0.3) is 11.0 Å². The van der Waals surface area contributed by atoms with Crippen LogP contribution in [-0.4, -0.2) is 35.8 Å². The molecule has 1 aromatic carbocycles. The number of carbonyl (C=O) groups is 2. The number of benzene rings is 1. The molecule has 0 aliphatic carbocycles. The van der Waals surface area contributed by atoms with E-state index in [0.29, 0.717) is 17.0 Å². The zero-order valence-corrected chi connectivity index (χ0v) is 14.1. The van der Waals surface area contributed by atoms with Gasteiger partial charge >= 0.3 is 0 Å². The molecular formula is C17H18N4O4. The van der Waals surface area contributed by atoms with Gasteiger partial charge in [0, 0.05) is 30.3 Å².